The molecule has 2 N–H and O–H groups in total. The minimum Gasteiger partial charge on any atom is -0.379 e. The van der Waals surface area contributed by atoms with Gasteiger partial charge in [0.1, 0.15) is 0 Å². The van der Waals surface area contributed by atoms with Crippen LogP contribution in [0.3, 0.4) is 0 Å². The van der Waals surface area contributed by atoms with E-state index in [2.05, 4.69) is 55.2 Å². The first-order valence-electron chi connectivity index (χ1n) is 9.32. The molecule has 0 aliphatic carbocycles. The van der Waals surface area contributed by atoms with Gasteiger partial charge in [0, 0.05) is 39.8 Å². The van der Waals surface area contributed by atoms with Crippen LogP contribution >= 0.6 is 24.0 Å². The number of ether oxygens (including phenoxy) is 1. The lowest BCUT2D eigenvalue weighted by Gasteiger charge is -2.28. The summed E-state index contributed by atoms with van der Waals surface area (Å²) >= 11 is 0. The van der Waals surface area contributed by atoms with Crippen LogP contribution in [-0.2, 0) is 4.74 Å². The third-order valence-corrected chi connectivity index (χ3v) is 4.54. The van der Waals surface area contributed by atoms with Gasteiger partial charge in [-0.25, -0.2) is 0 Å². The molecule has 0 radical (unpaired) electrons. The van der Waals surface area contributed by atoms with Crippen molar-refractivity contribution in [3.05, 3.63) is 0 Å². The van der Waals surface area contributed by atoms with Crippen LogP contribution in [0.4, 0.5) is 0 Å². The summed E-state index contributed by atoms with van der Waals surface area (Å²) in [4.78, 5) is 9.65. The second-order valence-electron chi connectivity index (χ2n) is 7.74. The van der Waals surface area contributed by atoms with E-state index in [0.29, 0.717) is 6.54 Å². The van der Waals surface area contributed by atoms with Crippen LogP contribution in [0.5, 0.6) is 0 Å². The van der Waals surface area contributed by atoms with Crippen LogP contribution in [0.1, 0.15) is 34.1 Å². The quantitative estimate of drug-likeness (QED) is 0.339. The van der Waals surface area contributed by atoms with E-state index in [9.17, 15) is 0 Å². The monoisotopic (exact) mass is 469 g/mol. The molecule has 0 saturated carbocycles. The molecule has 150 valence electrons. The molecule has 1 fully saturated rings. The Kier molecular flexibility index (Phi) is 13.0. The minimum atomic E-state index is 0. The van der Waals surface area contributed by atoms with Crippen molar-refractivity contribution >= 4 is 29.9 Å². The van der Waals surface area contributed by atoms with Gasteiger partial charge in [0.25, 0.3) is 0 Å². The molecule has 1 heterocycles. The highest BCUT2D eigenvalue weighted by Gasteiger charge is 2.24. The fourth-order valence-electron chi connectivity index (χ4n) is 2.87. The van der Waals surface area contributed by atoms with Gasteiger partial charge in [-0.2, -0.15) is 0 Å². The van der Waals surface area contributed by atoms with Crippen molar-refractivity contribution in [3.63, 3.8) is 0 Å². The first kappa shape index (κ1) is 24.9. The van der Waals surface area contributed by atoms with Crippen molar-refractivity contribution < 1.29 is 4.74 Å². The zero-order valence-corrected chi connectivity index (χ0v) is 19.4. The maximum atomic E-state index is 5.59. The topological polar surface area (TPSA) is 52.1 Å². The van der Waals surface area contributed by atoms with Crippen LogP contribution in [0.15, 0.2) is 4.99 Å². The largest absolute Gasteiger partial charge is 0.379 e. The van der Waals surface area contributed by atoms with E-state index in [4.69, 9.17) is 9.73 Å². The van der Waals surface area contributed by atoms with Crippen molar-refractivity contribution in [2.24, 2.45) is 10.4 Å². The predicted octanol–water partition coefficient (Wildman–Crippen LogP) is 1.86. The molecule has 1 unspecified atom stereocenters. The Bertz CT molecular complexity index is 373. The zero-order valence-electron chi connectivity index (χ0n) is 17.1. The molecule has 1 aliphatic heterocycles. The highest BCUT2D eigenvalue weighted by Crippen LogP contribution is 2.21. The smallest absolute Gasteiger partial charge is 0.191 e. The summed E-state index contributed by atoms with van der Waals surface area (Å²) in [5.41, 5.74) is 0.0909. The second-order valence-corrected chi connectivity index (χ2v) is 7.74. The van der Waals surface area contributed by atoms with Gasteiger partial charge < -0.3 is 25.2 Å². The van der Waals surface area contributed by atoms with E-state index < -0.39 is 0 Å². The fourth-order valence-corrected chi connectivity index (χ4v) is 2.87. The number of halogens is 1. The van der Waals surface area contributed by atoms with Gasteiger partial charge in [-0.3, -0.25) is 4.99 Å². The highest BCUT2D eigenvalue weighted by atomic mass is 127. The van der Waals surface area contributed by atoms with Crippen LogP contribution in [0, 0.1) is 5.41 Å². The maximum absolute atomic E-state index is 5.59. The van der Waals surface area contributed by atoms with E-state index >= 15 is 0 Å². The van der Waals surface area contributed by atoms with E-state index in [-0.39, 0.29) is 35.5 Å². The first-order valence-corrected chi connectivity index (χ1v) is 9.32. The summed E-state index contributed by atoms with van der Waals surface area (Å²) in [7, 11) is 3.97. The van der Waals surface area contributed by atoms with Crippen molar-refractivity contribution in [2.45, 2.75) is 40.2 Å². The molecule has 0 bridgehead atoms. The molecule has 1 rings (SSSR count). The van der Waals surface area contributed by atoms with Crippen LogP contribution < -0.4 is 10.6 Å². The van der Waals surface area contributed by atoms with Crippen LogP contribution in [0.25, 0.3) is 0 Å². The van der Waals surface area contributed by atoms with Gasteiger partial charge in [0.15, 0.2) is 5.96 Å². The molecule has 1 saturated heterocycles. The first-order chi connectivity index (χ1) is 11.4. The number of likely N-dealkylation sites (N-methyl/N-ethyl adjacent to an activating group) is 1. The van der Waals surface area contributed by atoms with Crippen LogP contribution in [-0.4, -0.2) is 88.4 Å². The summed E-state index contributed by atoms with van der Waals surface area (Å²) in [5.74, 6) is 0.885. The number of hydrogen-bond acceptors (Lipinski definition) is 4. The SMILES string of the molecule is CCNC(=NCC(OC)C(C)(C)C)NCCN1CCCN(C)CC1.I. The number of methoxy groups -OCH3 is 1. The van der Waals surface area contributed by atoms with Crippen molar-refractivity contribution in [1.29, 1.82) is 0 Å². The van der Waals surface area contributed by atoms with Crippen molar-refractivity contribution in [2.75, 3.05) is 66.5 Å². The number of guanidine groups is 1. The number of nitrogens with one attached hydrogen (secondary N) is 2. The third kappa shape index (κ3) is 10.6. The van der Waals surface area contributed by atoms with E-state index in [1.54, 1.807) is 7.11 Å². The molecular weight excluding hydrogens is 429 g/mol. The summed E-state index contributed by atoms with van der Waals surface area (Å²) in [6.45, 7) is 16.9. The lowest BCUT2D eigenvalue weighted by Crippen LogP contribution is -2.43. The van der Waals surface area contributed by atoms with Gasteiger partial charge in [-0.05, 0) is 38.9 Å². The number of hydrogen-bond donors (Lipinski definition) is 2. The Labute approximate surface area is 172 Å². The number of rotatable bonds is 7. The average Bonchev–Trinajstić information content (AvgIpc) is 2.71. The van der Waals surface area contributed by atoms with Crippen molar-refractivity contribution in [3.8, 4) is 0 Å². The molecule has 25 heavy (non-hydrogen) atoms. The Morgan fingerprint density at radius 2 is 1.88 bits per heavy atom. The van der Waals surface area contributed by atoms with Gasteiger partial charge in [0.2, 0.25) is 0 Å². The number of nitrogens with zero attached hydrogens (tertiary/aromatic N) is 3. The fraction of sp³-hybridized carbons (Fsp3) is 0.944. The van der Waals surface area contributed by atoms with Gasteiger partial charge in [0.05, 0.1) is 12.6 Å². The molecule has 0 aromatic rings. The highest BCUT2D eigenvalue weighted by molar-refractivity contribution is 14.0. The summed E-state index contributed by atoms with van der Waals surface area (Å²) in [6, 6.07) is 0. The normalized spacial score (nSPS) is 19.0. The molecule has 1 aliphatic rings. The van der Waals surface area contributed by atoms with E-state index in [0.717, 1.165) is 38.7 Å². The Morgan fingerprint density at radius 1 is 1.16 bits per heavy atom. The molecule has 0 amide bonds. The standard InChI is InChI=1S/C18H39N5O.HI/c1-7-19-17(21-15-16(24-6)18(2,3)4)20-9-12-23-11-8-10-22(5)13-14-23;/h16H,7-15H2,1-6H3,(H2,19,20,21);1H. The van der Waals surface area contributed by atoms with Crippen LogP contribution in [0.2, 0.25) is 0 Å². The lowest BCUT2D eigenvalue weighted by molar-refractivity contribution is 0.0241. The van der Waals surface area contributed by atoms with Gasteiger partial charge in [-0.15, -0.1) is 24.0 Å². The second kappa shape index (κ2) is 13.1. The van der Waals surface area contributed by atoms with E-state index in [1.807, 2.05) is 0 Å². The van der Waals surface area contributed by atoms with E-state index in [1.165, 1.54) is 19.5 Å². The van der Waals surface area contributed by atoms with Gasteiger partial charge >= 0.3 is 0 Å². The summed E-state index contributed by atoms with van der Waals surface area (Å²) in [5, 5.41) is 6.79. The molecular formula is C18H40IN5O. The average molecular weight is 469 g/mol. The molecule has 1 atom stereocenters. The Hall–Kier alpha value is -0.120. The molecule has 0 spiro atoms. The predicted molar refractivity (Wildman–Crippen MR) is 118 cm³/mol. The number of aliphatic imine (C=N–C) groups is 1. The minimum absolute atomic E-state index is 0. The third-order valence-electron chi connectivity index (χ3n) is 4.54. The molecule has 7 heteroatoms. The molecule has 0 aromatic carbocycles. The van der Waals surface area contributed by atoms with Gasteiger partial charge in [-0.1, -0.05) is 20.8 Å². The Balaban J connectivity index is 0.00000576. The lowest BCUT2D eigenvalue weighted by atomic mass is 9.89. The summed E-state index contributed by atoms with van der Waals surface area (Å²) in [6.07, 6.45) is 1.38. The van der Waals surface area contributed by atoms with Crippen molar-refractivity contribution in [1.82, 2.24) is 20.4 Å². The molecule has 6 nitrogen and oxygen atoms in total. The molecule has 0 aromatic heterocycles. The summed E-state index contributed by atoms with van der Waals surface area (Å²) < 4.78 is 5.59. The Morgan fingerprint density at radius 3 is 2.48 bits per heavy atom. The maximum Gasteiger partial charge on any atom is 0.191 e. The zero-order chi connectivity index (χ0) is 18.0.